The number of thiazole rings is 1. The molecule has 0 aliphatic carbocycles. The van der Waals surface area contributed by atoms with Gasteiger partial charge in [-0.1, -0.05) is 30.3 Å². The molecule has 3 rings (SSSR count). The highest BCUT2D eigenvalue weighted by molar-refractivity contribution is 7.09. The Balaban J connectivity index is 1.95. The Morgan fingerprint density at radius 1 is 1.10 bits per heavy atom. The zero-order valence-corrected chi connectivity index (χ0v) is 12.8. The summed E-state index contributed by atoms with van der Waals surface area (Å²) in [5.74, 6) is 0.627. The molecule has 0 aliphatic rings. The van der Waals surface area contributed by atoms with Gasteiger partial charge in [0.1, 0.15) is 11.0 Å². The molecular formula is C16H16N4S. The van der Waals surface area contributed by atoms with Crippen molar-refractivity contribution in [3.8, 4) is 0 Å². The van der Waals surface area contributed by atoms with Gasteiger partial charge < -0.3 is 5.32 Å². The van der Waals surface area contributed by atoms with E-state index in [0.29, 0.717) is 5.95 Å². The fourth-order valence-corrected chi connectivity index (χ4v) is 2.75. The minimum Gasteiger partial charge on any atom is -0.341 e. The lowest BCUT2D eigenvalue weighted by Gasteiger charge is -2.17. The maximum Gasteiger partial charge on any atom is 0.223 e. The number of benzene rings is 1. The van der Waals surface area contributed by atoms with E-state index in [1.165, 1.54) is 0 Å². The summed E-state index contributed by atoms with van der Waals surface area (Å²) in [6, 6.07) is 10.2. The zero-order chi connectivity index (χ0) is 14.7. The van der Waals surface area contributed by atoms with Crippen LogP contribution < -0.4 is 5.32 Å². The quantitative estimate of drug-likeness (QED) is 0.796. The van der Waals surface area contributed by atoms with Crippen LogP contribution in [0, 0.1) is 13.8 Å². The number of anilines is 1. The number of rotatable bonds is 4. The first kappa shape index (κ1) is 13.7. The Bertz CT molecular complexity index is 710. The molecule has 4 nitrogen and oxygen atoms in total. The third-order valence-corrected chi connectivity index (χ3v) is 4.17. The van der Waals surface area contributed by atoms with Crippen LogP contribution in [-0.2, 0) is 0 Å². The largest absolute Gasteiger partial charge is 0.341 e. The molecule has 1 aromatic carbocycles. The van der Waals surface area contributed by atoms with E-state index in [4.69, 9.17) is 0 Å². The first-order valence-electron chi connectivity index (χ1n) is 6.75. The molecule has 21 heavy (non-hydrogen) atoms. The fourth-order valence-electron chi connectivity index (χ4n) is 2.04. The molecule has 0 saturated heterocycles. The van der Waals surface area contributed by atoms with Gasteiger partial charge in [-0.3, -0.25) is 0 Å². The summed E-state index contributed by atoms with van der Waals surface area (Å²) in [6.07, 6.45) is 3.66. The van der Waals surface area contributed by atoms with Crippen LogP contribution in [-0.4, -0.2) is 15.0 Å². The van der Waals surface area contributed by atoms with Crippen molar-refractivity contribution < 1.29 is 0 Å². The van der Waals surface area contributed by atoms with Crippen molar-refractivity contribution >= 4 is 17.3 Å². The highest BCUT2D eigenvalue weighted by Crippen LogP contribution is 2.26. The number of aryl methyl sites for hydroxylation is 2. The van der Waals surface area contributed by atoms with Crippen LogP contribution in [0.4, 0.5) is 5.95 Å². The van der Waals surface area contributed by atoms with Crippen molar-refractivity contribution in [2.75, 3.05) is 5.32 Å². The zero-order valence-electron chi connectivity index (χ0n) is 11.9. The molecule has 3 aromatic rings. The van der Waals surface area contributed by atoms with Crippen molar-refractivity contribution in [3.63, 3.8) is 0 Å². The van der Waals surface area contributed by atoms with Gasteiger partial charge in [-0.25, -0.2) is 15.0 Å². The second kappa shape index (κ2) is 6.01. The standard InChI is InChI=1S/C16H16N4S/c1-11-10-18-16(19-12(11)2)20-14(15-17-8-9-21-15)13-6-4-3-5-7-13/h3-10,14H,1-2H3,(H,18,19,20). The topological polar surface area (TPSA) is 50.7 Å². The predicted molar refractivity (Wildman–Crippen MR) is 85.5 cm³/mol. The van der Waals surface area contributed by atoms with E-state index in [-0.39, 0.29) is 6.04 Å². The van der Waals surface area contributed by atoms with Crippen LogP contribution in [0.1, 0.15) is 27.9 Å². The first-order valence-corrected chi connectivity index (χ1v) is 7.63. The monoisotopic (exact) mass is 296 g/mol. The number of aromatic nitrogens is 3. The number of hydrogen-bond donors (Lipinski definition) is 1. The number of nitrogens with one attached hydrogen (secondary N) is 1. The van der Waals surface area contributed by atoms with Crippen LogP contribution >= 0.6 is 11.3 Å². The first-order chi connectivity index (χ1) is 10.2. The SMILES string of the molecule is Cc1cnc(NC(c2ccccc2)c2nccs2)nc1C. The highest BCUT2D eigenvalue weighted by Gasteiger charge is 2.17. The molecule has 0 amide bonds. The molecule has 0 saturated carbocycles. The second-order valence-corrected chi connectivity index (χ2v) is 5.75. The van der Waals surface area contributed by atoms with E-state index in [2.05, 4.69) is 32.4 Å². The van der Waals surface area contributed by atoms with Crippen molar-refractivity contribution in [3.05, 3.63) is 69.9 Å². The maximum absolute atomic E-state index is 4.50. The molecule has 1 atom stereocenters. The smallest absolute Gasteiger partial charge is 0.223 e. The van der Waals surface area contributed by atoms with Crippen molar-refractivity contribution in [1.82, 2.24) is 15.0 Å². The van der Waals surface area contributed by atoms with E-state index in [1.807, 2.05) is 49.8 Å². The Morgan fingerprint density at radius 3 is 2.57 bits per heavy atom. The molecule has 0 spiro atoms. The molecule has 0 bridgehead atoms. The summed E-state index contributed by atoms with van der Waals surface area (Å²) in [6.45, 7) is 4.00. The molecule has 1 unspecified atom stereocenters. The average molecular weight is 296 g/mol. The highest BCUT2D eigenvalue weighted by atomic mass is 32.1. The summed E-state index contributed by atoms with van der Waals surface area (Å²) >= 11 is 1.62. The summed E-state index contributed by atoms with van der Waals surface area (Å²) in [5.41, 5.74) is 3.22. The normalized spacial score (nSPS) is 12.1. The van der Waals surface area contributed by atoms with E-state index in [0.717, 1.165) is 21.8 Å². The van der Waals surface area contributed by atoms with Gasteiger partial charge in [0.2, 0.25) is 5.95 Å². The van der Waals surface area contributed by atoms with Gasteiger partial charge in [-0.05, 0) is 25.0 Å². The van der Waals surface area contributed by atoms with Crippen molar-refractivity contribution in [1.29, 1.82) is 0 Å². The molecule has 2 heterocycles. The molecule has 0 fully saturated rings. The Labute approximate surface area is 127 Å². The predicted octanol–water partition coefficient (Wildman–Crippen LogP) is 3.75. The van der Waals surface area contributed by atoms with Gasteiger partial charge in [-0.2, -0.15) is 0 Å². The summed E-state index contributed by atoms with van der Waals surface area (Å²) in [4.78, 5) is 13.3. The van der Waals surface area contributed by atoms with Gasteiger partial charge in [-0.15, -0.1) is 11.3 Å². The minimum atomic E-state index is -0.0340. The second-order valence-electron chi connectivity index (χ2n) is 4.82. The minimum absolute atomic E-state index is 0.0340. The van der Waals surface area contributed by atoms with Crippen LogP contribution in [0.25, 0.3) is 0 Å². The van der Waals surface area contributed by atoms with Crippen molar-refractivity contribution in [2.24, 2.45) is 0 Å². The lowest BCUT2D eigenvalue weighted by atomic mass is 10.1. The number of nitrogens with zero attached hydrogens (tertiary/aromatic N) is 3. The third kappa shape index (κ3) is 3.08. The van der Waals surface area contributed by atoms with Crippen LogP contribution in [0.3, 0.4) is 0 Å². The van der Waals surface area contributed by atoms with Crippen LogP contribution in [0.15, 0.2) is 48.1 Å². The van der Waals surface area contributed by atoms with Gasteiger partial charge in [0.25, 0.3) is 0 Å². The molecule has 106 valence electrons. The molecular weight excluding hydrogens is 280 g/mol. The van der Waals surface area contributed by atoms with E-state index in [1.54, 1.807) is 11.3 Å². The van der Waals surface area contributed by atoms with E-state index < -0.39 is 0 Å². The van der Waals surface area contributed by atoms with Crippen LogP contribution in [0.5, 0.6) is 0 Å². The molecule has 0 radical (unpaired) electrons. The Morgan fingerprint density at radius 2 is 1.90 bits per heavy atom. The van der Waals surface area contributed by atoms with Gasteiger partial charge in [0.05, 0.1) is 0 Å². The van der Waals surface area contributed by atoms with Crippen molar-refractivity contribution in [2.45, 2.75) is 19.9 Å². The molecule has 2 aromatic heterocycles. The van der Waals surface area contributed by atoms with Gasteiger partial charge >= 0.3 is 0 Å². The average Bonchev–Trinajstić information content (AvgIpc) is 3.03. The fraction of sp³-hybridized carbons (Fsp3) is 0.188. The van der Waals surface area contributed by atoms with Crippen LogP contribution in [0.2, 0.25) is 0 Å². The Hall–Kier alpha value is -2.27. The summed E-state index contributed by atoms with van der Waals surface area (Å²) in [7, 11) is 0. The van der Waals surface area contributed by atoms with E-state index >= 15 is 0 Å². The third-order valence-electron chi connectivity index (χ3n) is 3.33. The summed E-state index contributed by atoms with van der Waals surface area (Å²) in [5, 5.41) is 6.37. The molecule has 1 N–H and O–H groups in total. The maximum atomic E-state index is 4.50. The lowest BCUT2D eigenvalue weighted by molar-refractivity contribution is 0.886. The lowest BCUT2D eigenvalue weighted by Crippen LogP contribution is -2.14. The van der Waals surface area contributed by atoms with Gasteiger partial charge in [0, 0.05) is 23.5 Å². The Kier molecular flexibility index (Phi) is 3.92. The van der Waals surface area contributed by atoms with E-state index in [9.17, 15) is 0 Å². The summed E-state index contributed by atoms with van der Waals surface area (Å²) < 4.78 is 0. The number of hydrogen-bond acceptors (Lipinski definition) is 5. The van der Waals surface area contributed by atoms with Gasteiger partial charge in [0.15, 0.2) is 0 Å². The molecule has 5 heteroatoms. The molecule has 0 aliphatic heterocycles.